The van der Waals surface area contributed by atoms with Gasteiger partial charge in [0.25, 0.3) is 0 Å². The van der Waals surface area contributed by atoms with Crippen molar-refractivity contribution in [3.8, 4) is 0 Å². The molecule has 0 saturated carbocycles. The van der Waals surface area contributed by atoms with Crippen molar-refractivity contribution in [2.45, 2.75) is 18.4 Å². The van der Waals surface area contributed by atoms with Gasteiger partial charge in [-0.2, -0.15) is 0 Å². The maximum atomic E-state index is 10.6. The van der Waals surface area contributed by atoms with Gasteiger partial charge in [0.05, 0.1) is 16.7 Å². The molecular formula is C12H17Cl2NO2. The molecule has 0 aromatic heterocycles. The Bertz CT molecular complexity index is 374. The minimum Gasteiger partial charge on any atom is -0.383 e. The average molecular weight is 278 g/mol. The molecule has 1 aromatic carbocycles. The summed E-state index contributed by atoms with van der Waals surface area (Å²) in [6.07, 6.45) is 1.17. The van der Waals surface area contributed by atoms with Crippen LogP contribution in [0.2, 0.25) is 10.0 Å². The summed E-state index contributed by atoms with van der Waals surface area (Å²) in [6.45, 7) is 0.664. The van der Waals surface area contributed by atoms with Crippen molar-refractivity contribution in [1.29, 1.82) is 0 Å². The zero-order valence-corrected chi connectivity index (χ0v) is 11.3. The van der Waals surface area contributed by atoms with Gasteiger partial charge in [0.2, 0.25) is 0 Å². The zero-order chi connectivity index (χ0) is 12.9. The molecule has 0 radical (unpaired) electrons. The monoisotopic (exact) mass is 277 g/mol. The summed E-state index contributed by atoms with van der Waals surface area (Å²) in [5, 5.41) is 11.4. The van der Waals surface area contributed by atoms with Crippen LogP contribution in [0.4, 0.5) is 0 Å². The summed E-state index contributed by atoms with van der Waals surface area (Å²) in [5.41, 5.74) is 4.91. The van der Waals surface area contributed by atoms with E-state index in [-0.39, 0.29) is 6.61 Å². The first-order chi connectivity index (χ1) is 8.05. The van der Waals surface area contributed by atoms with Gasteiger partial charge in [-0.05, 0) is 25.5 Å². The third-order valence-electron chi connectivity index (χ3n) is 2.63. The van der Waals surface area contributed by atoms with Crippen molar-refractivity contribution in [2.24, 2.45) is 5.73 Å². The Balaban J connectivity index is 3.08. The number of rotatable bonds is 6. The van der Waals surface area contributed by atoms with E-state index in [0.29, 0.717) is 35.0 Å². The van der Waals surface area contributed by atoms with Gasteiger partial charge < -0.3 is 15.6 Å². The number of benzene rings is 1. The van der Waals surface area contributed by atoms with Gasteiger partial charge in [-0.1, -0.05) is 35.3 Å². The molecule has 1 atom stereocenters. The normalized spacial score (nSPS) is 14.6. The predicted octanol–water partition coefficient (Wildman–Crippen LogP) is 2.57. The second-order valence-corrected chi connectivity index (χ2v) is 4.74. The third kappa shape index (κ3) is 3.57. The highest BCUT2D eigenvalue weighted by molar-refractivity contribution is 6.42. The van der Waals surface area contributed by atoms with Crippen molar-refractivity contribution in [1.82, 2.24) is 0 Å². The summed E-state index contributed by atoms with van der Waals surface area (Å²) in [6, 6.07) is 5.19. The molecule has 0 saturated heterocycles. The van der Waals surface area contributed by atoms with Crippen LogP contribution in [-0.4, -0.2) is 25.4 Å². The van der Waals surface area contributed by atoms with Crippen LogP contribution in [0.5, 0.6) is 0 Å². The van der Waals surface area contributed by atoms with Gasteiger partial charge in [-0.3, -0.25) is 0 Å². The number of ether oxygens (including phenoxy) is 1. The number of halogens is 2. The lowest BCUT2D eigenvalue weighted by atomic mass is 9.89. The van der Waals surface area contributed by atoms with Crippen molar-refractivity contribution in [2.75, 3.05) is 20.3 Å². The second kappa shape index (κ2) is 6.57. The van der Waals surface area contributed by atoms with Gasteiger partial charge in [0.1, 0.15) is 5.60 Å². The number of nitrogens with two attached hydrogens (primary N) is 1. The van der Waals surface area contributed by atoms with Crippen molar-refractivity contribution in [3.63, 3.8) is 0 Å². The Morgan fingerprint density at radius 3 is 2.71 bits per heavy atom. The Kier molecular flexibility index (Phi) is 5.70. The molecule has 0 bridgehead atoms. The van der Waals surface area contributed by atoms with E-state index in [1.54, 1.807) is 18.2 Å². The number of hydrogen-bond acceptors (Lipinski definition) is 3. The topological polar surface area (TPSA) is 55.5 Å². The molecule has 0 aliphatic rings. The maximum Gasteiger partial charge on any atom is 0.114 e. The lowest BCUT2D eigenvalue weighted by molar-refractivity contribution is -0.0428. The van der Waals surface area contributed by atoms with Gasteiger partial charge in [-0.15, -0.1) is 0 Å². The maximum absolute atomic E-state index is 10.6. The molecule has 0 amide bonds. The van der Waals surface area contributed by atoms with E-state index >= 15 is 0 Å². The Labute approximate surface area is 111 Å². The predicted molar refractivity (Wildman–Crippen MR) is 70.5 cm³/mol. The van der Waals surface area contributed by atoms with Crippen LogP contribution >= 0.6 is 23.2 Å². The average Bonchev–Trinajstić information content (AvgIpc) is 2.30. The van der Waals surface area contributed by atoms with Gasteiger partial charge in [0.15, 0.2) is 0 Å². The first-order valence-corrected chi connectivity index (χ1v) is 6.16. The van der Waals surface area contributed by atoms with Gasteiger partial charge in [-0.25, -0.2) is 0 Å². The van der Waals surface area contributed by atoms with Crippen molar-refractivity contribution < 1.29 is 9.84 Å². The molecule has 1 aromatic rings. The molecule has 0 aliphatic heterocycles. The lowest BCUT2D eigenvalue weighted by Crippen LogP contribution is -2.32. The number of aliphatic hydroxyl groups is 1. The number of methoxy groups -OCH3 is 1. The van der Waals surface area contributed by atoms with Gasteiger partial charge >= 0.3 is 0 Å². The smallest absolute Gasteiger partial charge is 0.114 e. The fourth-order valence-corrected chi connectivity index (χ4v) is 2.26. The Hall–Kier alpha value is -0.320. The Morgan fingerprint density at radius 2 is 2.12 bits per heavy atom. The molecule has 3 nitrogen and oxygen atoms in total. The third-order valence-corrected chi connectivity index (χ3v) is 3.45. The van der Waals surface area contributed by atoms with Crippen LogP contribution in [0.25, 0.3) is 0 Å². The van der Waals surface area contributed by atoms with E-state index in [1.807, 2.05) is 0 Å². The first-order valence-electron chi connectivity index (χ1n) is 5.41. The molecule has 0 spiro atoms. The van der Waals surface area contributed by atoms with E-state index in [4.69, 9.17) is 33.7 Å². The molecule has 0 heterocycles. The molecule has 5 heteroatoms. The molecule has 96 valence electrons. The SMILES string of the molecule is COCC(O)(CCCN)c1cccc(Cl)c1Cl. The highest BCUT2D eigenvalue weighted by atomic mass is 35.5. The zero-order valence-electron chi connectivity index (χ0n) is 9.75. The summed E-state index contributed by atoms with van der Waals surface area (Å²) in [5.74, 6) is 0. The lowest BCUT2D eigenvalue weighted by Gasteiger charge is -2.29. The van der Waals surface area contributed by atoms with Gasteiger partial charge in [0, 0.05) is 12.7 Å². The summed E-state index contributed by atoms with van der Waals surface area (Å²) in [7, 11) is 1.53. The fraction of sp³-hybridized carbons (Fsp3) is 0.500. The van der Waals surface area contributed by atoms with Crippen LogP contribution in [0.1, 0.15) is 18.4 Å². The summed E-state index contributed by atoms with van der Waals surface area (Å²) < 4.78 is 5.06. The van der Waals surface area contributed by atoms with E-state index < -0.39 is 5.60 Å². The molecule has 17 heavy (non-hydrogen) atoms. The number of hydrogen-bond donors (Lipinski definition) is 2. The van der Waals surface area contributed by atoms with Crippen LogP contribution in [-0.2, 0) is 10.3 Å². The summed E-state index contributed by atoms with van der Waals surface area (Å²) >= 11 is 12.1. The largest absolute Gasteiger partial charge is 0.383 e. The highest BCUT2D eigenvalue weighted by Crippen LogP contribution is 2.36. The van der Waals surface area contributed by atoms with Crippen LogP contribution in [0, 0.1) is 0 Å². The van der Waals surface area contributed by atoms with E-state index in [9.17, 15) is 5.11 Å². The molecular weight excluding hydrogens is 261 g/mol. The van der Waals surface area contributed by atoms with Crippen LogP contribution < -0.4 is 5.73 Å². The highest BCUT2D eigenvalue weighted by Gasteiger charge is 2.31. The van der Waals surface area contributed by atoms with E-state index in [2.05, 4.69) is 0 Å². The molecule has 0 fully saturated rings. The minimum absolute atomic E-state index is 0.160. The molecule has 1 rings (SSSR count). The molecule has 1 unspecified atom stereocenters. The standard InChI is InChI=1S/C12H17Cl2NO2/c1-17-8-12(16,6-3-7-15)9-4-2-5-10(13)11(9)14/h2,4-5,16H,3,6-8,15H2,1H3. The van der Waals surface area contributed by atoms with Crippen LogP contribution in [0.15, 0.2) is 18.2 Å². The minimum atomic E-state index is -1.14. The van der Waals surface area contributed by atoms with Crippen LogP contribution in [0.3, 0.4) is 0 Å². The quantitative estimate of drug-likeness (QED) is 0.840. The second-order valence-electron chi connectivity index (χ2n) is 3.96. The summed E-state index contributed by atoms with van der Waals surface area (Å²) in [4.78, 5) is 0. The van der Waals surface area contributed by atoms with E-state index in [0.717, 1.165) is 0 Å². The Morgan fingerprint density at radius 1 is 1.41 bits per heavy atom. The van der Waals surface area contributed by atoms with E-state index in [1.165, 1.54) is 7.11 Å². The van der Waals surface area contributed by atoms with Crippen molar-refractivity contribution in [3.05, 3.63) is 33.8 Å². The molecule has 0 aliphatic carbocycles. The first kappa shape index (κ1) is 14.7. The molecule has 3 N–H and O–H groups in total. The van der Waals surface area contributed by atoms with Crippen molar-refractivity contribution >= 4 is 23.2 Å². The fourth-order valence-electron chi connectivity index (χ4n) is 1.78.